The van der Waals surface area contributed by atoms with Gasteiger partial charge in [-0.2, -0.15) is 0 Å². The highest BCUT2D eigenvalue weighted by molar-refractivity contribution is 14.0. The van der Waals surface area contributed by atoms with Crippen molar-refractivity contribution >= 4 is 29.9 Å². The first-order chi connectivity index (χ1) is 9.57. The number of nitrogens with one attached hydrogen (secondary N) is 2. The van der Waals surface area contributed by atoms with Crippen molar-refractivity contribution in [3.8, 4) is 0 Å². The van der Waals surface area contributed by atoms with E-state index in [9.17, 15) is 0 Å². The van der Waals surface area contributed by atoms with Crippen molar-refractivity contribution in [1.82, 2.24) is 15.6 Å². The first kappa shape index (κ1) is 18.2. The molecule has 1 fully saturated rings. The molecule has 2 atom stereocenters. The monoisotopic (exact) mass is 404 g/mol. The minimum atomic E-state index is 0. The molecule has 0 radical (unpaired) electrons. The Kier molecular flexibility index (Phi) is 6.86. The lowest BCUT2D eigenvalue weighted by molar-refractivity contribution is -0.0922. The summed E-state index contributed by atoms with van der Waals surface area (Å²) in [5, 5.41) is 6.75. The van der Waals surface area contributed by atoms with E-state index >= 15 is 0 Å². The number of guanidine groups is 1. The quantitative estimate of drug-likeness (QED) is 0.459. The Balaban J connectivity index is 0.00000220. The second-order valence-corrected chi connectivity index (χ2v) is 5.73. The van der Waals surface area contributed by atoms with Gasteiger partial charge in [0, 0.05) is 31.8 Å². The zero-order valence-electron chi connectivity index (χ0n) is 13.1. The molecule has 2 N–H and O–H groups in total. The third-order valence-corrected chi connectivity index (χ3v) is 4.16. The minimum absolute atomic E-state index is 0. The fourth-order valence-electron chi connectivity index (χ4n) is 2.57. The number of hydrogen-bond acceptors (Lipinski definition) is 3. The van der Waals surface area contributed by atoms with Gasteiger partial charge in [-0.25, -0.2) is 0 Å². The first-order valence-corrected chi connectivity index (χ1v) is 6.97. The van der Waals surface area contributed by atoms with Gasteiger partial charge >= 0.3 is 0 Å². The molecule has 0 saturated heterocycles. The molecule has 5 nitrogen and oxygen atoms in total. The Morgan fingerprint density at radius 3 is 2.76 bits per heavy atom. The molecular formula is C15H25IN4O. The largest absolute Gasteiger partial charge is 0.381 e. The first-order valence-electron chi connectivity index (χ1n) is 6.97. The van der Waals surface area contributed by atoms with Gasteiger partial charge in [0.25, 0.3) is 0 Å². The molecular weight excluding hydrogens is 379 g/mol. The van der Waals surface area contributed by atoms with Crippen LogP contribution in [0, 0.1) is 5.41 Å². The van der Waals surface area contributed by atoms with E-state index in [2.05, 4.69) is 34.5 Å². The number of nitrogens with zero attached hydrogens (tertiary/aromatic N) is 2. The normalized spacial score (nSPS) is 23.7. The molecule has 0 amide bonds. The van der Waals surface area contributed by atoms with E-state index in [1.54, 1.807) is 20.4 Å². The van der Waals surface area contributed by atoms with E-state index in [-0.39, 0.29) is 29.4 Å². The van der Waals surface area contributed by atoms with E-state index in [1.807, 2.05) is 18.2 Å². The summed E-state index contributed by atoms with van der Waals surface area (Å²) in [7, 11) is 3.56. The summed E-state index contributed by atoms with van der Waals surface area (Å²) >= 11 is 0. The second kappa shape index (κ2) is 7.93. The number of methoxy groups -OCH3 is 1. The number of hydrogen-bond donors (Lipinski definition) is 2. The highest BCUT2D eigenvalue weighted by atomic mass is 127. The molecule has 0 aromatic carbocycles. The second-order valence-electron chi connectivity index (χ2n) is 5.73. The van der Waals surface area contributed by atoms with Gasteiger partial charge in [0.15, 0.2) is 5.96 Å². The topological polar surface area (TPSA) is 58.5 Å². The van der Waals surface area contributed by atoms with Crippen molar-refractivity contribution in [2.45, 2.75) is 39.0 Å². The van der Waals surface area contributed by atoms with Crippen LogP contribution in [0.3, 0.4) is 0 Å². The van der Waals surface area contributed by atoms with Gasteiger partial charge in [0.2, 0.25) is 0 Å². The van der Waals surface area contributed by atoms with Crippen LogP contribution in [-0.2, 0) is 11.3 Å². The van der Waals surface area contributed by atoms with Crippen molar-refractivity contribution in [2.24, 2.45) is 10.4 Å². The Morgan fingerprint density at radius 2 is 2.24 bits per heavy atom. The zero-order chi connectivity index (χ0) is 14.6. The molecule has 1 aromatic rings. The summed E-state index contributed by atoms with van der Waals surface area (Å²) in [5.41, 5.74) is 1.12. The molecule has 0 aliphatic heterocycles. The predicted octanol–water partition coefficient (Wildman–Crippen LogP) is 2.18. The number of halogens is 1. The van der Waals surface area contributed by atoms with E-state index in [1.165, 1.54) is 0 Å². The van der Waals surface area contributed by atoms with Gasteiger partial charge in [-0.3, -0.25) is 9.98 Å². The van der Waals surface area contributed by atoms with Crippen LogP contribution in [0.5, 0.6) is 0 Å². The Morgan fingerprint density at radius 1 is 1.48 bits per heavy atom. The van der Waals surface area contributed by atoms with Crippen LogP contribution in [0.4, 0.5) is 0 Å². The molecule has 21 heavy (non-hydrogen) atoms. The molecule has 1 heterocycles. The van der Waals surface area contributed by atoms with E-state index < -0.39 is 0 Å². The summed E-state index contributed by atoms with van der Waals surface area (Å²) in [6.45, 7) is 5.10. The highest BCUT2D eigenvalue weighted by Crippen LogP contribution is 2.42. The maximum absolute atomic E-state index is 5.47. The lowest BCUT2D eigenvalue weighted by Gasteiger charge is -2.51. The Hall–Kier alpha value is -0.890. The maximum Gasteiger partial charge on any atom is 0.191 e. The maximum atomic E-state index is 5.47. The smallest absolute Gasteiger partial charge is 0.191 e. The Bertz CT molecular complexity index is 464. The molecule has 1 aliphatic carbocycles. The van der Waals surface area contributed by atoms with Crippen LogP contribution in [0.1, 0.15) is 26.0 Å². The van der Waals surface area contributed by atoms with Crippen LogP contribution < -0.4 is 10.6 Å². The molecule has 2 unspecified atom stereocenters. The summed E-state index contributed by atoms with van der Waals surface area (Å²) in [5.74, 6) is 0.809. The summed E-state index contributed by atoms with van der Waals surface area (Å²) < 4.78 is 5.47. The Labute approximate surface area is 144 Å². The fourth-order valence-corrected chi connectivity index (χ4v) is 2.57. The van der Waals surface area contributed by atoms with Crippen LogP contribution in [-0.4, -0.2) is 37.2 Å². The van der Waals surface area contributed by atoms with Gasteiger partial charge in [-0.15, -0.1) is 24.0 Å². The van der Waals surface area contributed by atoms with E-state index in [4.69, 9.17) is 4.74 Å². The van der Waals surface area contributed by atoms with Crippen molar-refractivity contribution in [3.05, 3.63) is 30.1 Å². The number of aromatic nitrogens is 1. The number of ether oxygens (including phenoxy) is 1. The third-order valence-electron chi connectivity index (χ3n) is 4.16. The molecule has 1 aliphatic rings. The highest BCUT2D eigenvalue weighted by Gasteiger charge is 2.48. The summed E-state index contributed by atoms with van der Waals surface area (Å²) in [6, 6.07) is 6.27. The number of rotatable bonds is 4. The molecule has 1 aromatic heterocycles. The van der Waals surface area contributed by atoms with Gasteiger partial charge in [0.1, 0.15) is 0 Å². The van der Waals surface area contributed by atoms with E-state index in [0.717, 1.165) is 18.1 Å². The van der Waals surface area contributed by atoms with Crippen molar-refractivity contribution in [1.29, 1.82) is 0 Å². The lowest BCUT2D eigenvalue weighted by atomic mass is 9.64. The molecule has 0 spiro atoms. The molecule has 0 bridgehead atoms. The van der Waals surface area contributed by atoms with Crippen LogP contribution >= 0.6 is 24.0 Å². The molecule has 6 heteroatoms. The average molecular weight is 404 g/mol. The summed E-state index contributed by atoms with van der Waals surface area (Å²) in [4.78, 5) is 8.55. The number of pyridine rings is 1. The van der Waals surface area contributed by atoms with Crippen molar-refractivity contribution in [3.63, 3.8) is 0 Å². The third kappa shape index (κ3) is 4.29. The van der Waals surface area contributed by atoms with Crippen LogP contribution in [0.2, 0.25) is 0 Å². The van der Waals surface area contributed by atoms with Gasteiger partial charge in [-0.1, -0.05) is 19.9 Å². The molecule has 118 valence electrons. The minimum Gasteiger partial charge on any atom is -0.381 e. The fraction of sp³-hybridized carbons (Fsp3) is 0.600. The molecule has 2 rings (SSSR count). The van der Waals surface area contributed by atoms with Crippen molar-refractivity contribution < 1.29 is 4.74 Å². The lowest BCUT2D eigenvalue weighted by Crippen LogP contribution is -2.63. The molecule has 1 saturated carbocycles. The standard InChI is InChI=1S/C15H24N4O.HI/c1-15(2)12(9-13(15)20-4)19-14(16-3)18-10-11-7-5-6-8-17-11;/h5-8,12-13H,9-10H2,1-4H3,(H2,16,18,19);1H. The average Bonchev–Trinajstić information content (AvgIpc) is 2.47. The van der Waals surface area contributed by atoms with Gasteiger partial charge in [0.05, 0.1) is 18.3 Å². The predicted molar refractivity (Wildman–Crippen MR) is 96.0 cm³/mol. The number of aliphatic imine (C=N–C) groups is 1. The summed E-state index contributed by atoms with van der Waals surface area (Å²) in [6.07, 6.45) is 3.12. The zero-order valence-corrected chi connectivity index (χ0v) is 15.4. The van der Waals surface area contributed by atoms with Crippen LogP contribution in [0.15, 0.2) is 29.4 Å². The van der Waals surface area contributed by atoms with Gasteiger partial charge in [-0.05, 0) is 18.6 Å². The van der Waals surface area contributed by atoms with Gasteiger partial charge < -0.3 is 15.4 Å². The van der Waals surface area contributed by atoms with Crippen molar-refractivity contribution in [2.75, 3.05) is 14.2 Å². The van der Waals surface area contributed by atoms with Crippen LogP contribution in [0.25, 0.3) is 0 Å². The SMILES string of the molecule is CN=C(NCc1ccccn1)NC1CC(OC)C1(C)C.I. The van der Waals surface area contributed by atoms with E-state index in [0.29, 0.717) is 18.7 Å².